The molecule has 0 atom stereocenters. The molecule has 2 heterocycles. The Kier molecular flexibility index (Phi) is 6.54. The molecule has 0 bridgehead atoms. The van der Waals surface area contributed by atoms with Crippen molar-refractivity contribution in [3.63, 3.8) is 0 Å². The van der Waals surface area contributed by atoms with Gasteiger partial charge in [0.05, 0.1) is 6.61 Å². The molecule has 0 aliphatic heterocycles. The third kappa shape index (κ3) is 4.85. The fourth-order valence-corrected chi connectivity index (χ4v) is 5.41. The third-order valence-corrected chi connectivity index (χ3v) is 7.18. The second kappa shape index (κ2) is 9.94. The van der Waals surface area contributed by atoms with Crippen molar-refractivity contribution in [2.75, 3.05) is 18.5 Å². The molecule has 0 unspecified atom stereocenters. The van der Waals surface area contributed by atoms with Crippen LogP contribution in [0.3, 0.4) is 0 Å². The van der Waals surface area contributed by atoms with E-state index in [4.69, 9.17) is 13.9 Å². The molecule has 9 heteroatoms. The summed E-state index contributed by atoms with van der Waals surface area (Å²) in [5.41, 5.74) is 2.76. The maximum Gasteiger partial charge on any atom is 0.339 e. The van der Waals surface area contributed by atoms with Crippen molar-refractivity contribution in [2.45, 2.75) is 18.7 Å². The first-order valence-corrected chi connectivity index (χ1v) is 13.2. The number of aryl methyl sites for hydroxylation is 1. The van der Waals surface area contributed by atoms with E-state index in [0.29, 0.717) is 28.1 Å². The third-order valence-electron chi connectivity index (χ3n) is 5.88. The van der Waals surface area contributed by atoms with Crippen molar-refractivity contribution in [1.29, 1.82) is 0 Å². The number of aromatic nitrogens is 2. The van der Waals surface area contributed by atoms with Crippen LogP contribution in [0.4, 0.5) is 5.82 Å². The van der Waals surface area contributed by atoms with Gasteiger partial charge in [0.2, 0.25) is 0 Å². The predicted molar refractivity (Wildman–Crippen MR) is 142 cm³/mol. The first-order valence-electron chi connectivity index (χ1n) is 11.8. The summed E-state index contributed by atoms with van der Waals surface area (Å²) in [6, 6.07) is 24.7. The number of pyridine rings is 1. The van der Waals surface area contributed by atoms with Crippen molar-refractivity contribution in [3.8, 4) is 17.0 Å². The van der Waals surface area contributed by atoms with E-state index >= 15 is 0 Å². The summed E-state index contributed by atoms with van der Waals surface area (Å²) in [4.78, 5) is 16.9. The van der Waals surface area contributed by atoms with Crippen molar-refractivity contribution in [1.82, 2.24) is 9.38 Å². The Balaban J connectivity index is 1.53. The number of ether oxygens (including phenoxy) is 1. The number of benzene rings is 3. The van der Waals surface area contributed by atoms with Crippen molar-refractivity contribution < 1.29 is 22.1 Å². The summed E-state index contributed by atoms with van der Waals surface area (Å²) < 4.78 is 39.0. The highest BCUT2D eigenvalue weighted by atomic mass is 32.2. The number of imidazole rings is 1. The number of hydrogen-bond acceptors (Lipinski definition) is 7. The number of hydrogen-bond donors (Lipinski definition) is 1. The van der Waals surface area contributed by atoms with Crippen LogP contribution in [-0.2, 0) is 19.6 Å². The molecule has 5 rings (SSSR count). The lowest BCUT2D eigenvalue weighted by molar-refractivity contribution is -0.140. The zero-order chi connectivity index (χ0) is 26.0. The minimum Gasteiger partial charge on any atom is -0.465 e. The second-order valence-corrected chi connectivity index (χ2v) is 9.89. The van der Waals surface area contributed by atoms with Gasteiger partial charge in [-0.15, -0.1) is 0 Å². The maximum absolute atomic E-state index is 13.2. The summed E-state index contributed by atoms with van der Waals surface area (Å²) in [5, 5.41) is 4.53. The first-order chi connectivity index (χ1) is 17.9. The van der Waals surface area contributed by atoms with E-state index in [2.05, 4.69) is 5.32 Å². The molecule has 0 fully saturated rings. The van der Waals surface area contributed by atoms with Gasteiger partial charge < -0.3 is 14.2 Å². The molecule has 188 valence electrons. The van der Waals surface area contributed by atoms with Crippen molar-refractivity contribution in [2.24, 2.45) is 0 Å². The van der Waals surface area contributed by atoms with Gasteiger partial charge in [0, 0.05) is 16.6 Å². The number of carbonyl (C=O) groups excluding carboxylic acids is 1. The van der Waals surface area contributed by atoms with Gasteiger partial charge >= 0.3 is 16.1 Å². The summed E-state index contributed by atoms with van der Waals surface area (Å²) in [7, 11) is -4.11. The molecular formula is C28H25N3O5S. The Morgan fingerprint density at radius 3 is 2.57 bits per heavy atom. The Hall–Kier alpha value is -4.37. The average molecular weight is 516 g/mol. The topological polar surface area (TPSA) is 99.0 Å². The second-order valence-electron chi connectivity index (χ2n) is 8.37. The summed E-state index contributed by atoms with van der Waals surface area (Å²) in [6.07, 6.45) is 0. The van der Waals surface area contributed by atoms with Crippen LogP contribution in [0.15, 0.2) is 89.8 Å². The zero-order valence-corrected chi connectivity index (χ0v) is 21.2. The first kappa shape index (κ1) is 24.3. The number of rotatable bonds is 8. The number of esters is 1. The molecule has 0 amide bonds. The highest BCUT2D eigenvalue weighted by Crippen LogP contribution is 2.33. The van der Waals surface area contributed by atoms with Gasteiger partial charge in [-0.3, -0.25) is 9.20 Å². The van der Waals surface area contributed by atoms with Crippen LogP contribution >= 0.6 is 0 Å². The molecule has 0 aliphatic rings. The number of anilines is 1. The van der Waals surface area contributed by atoms with E-state index in [1.54, 1.807) is 43.3 Å². The molecule has 5 aromatic rings. The van der Waals surface area contributed by atoms with Gasteiger partial charge in [0.25, 0.3) is 0 Å². The Morgan fingerprint density at radius 2 is 1.73 bits per heavy atom. The minimum atomic E-state index is -4.11. The standard InChI is InChI=1S/C28H25N3O5S/c1-3-35-26(32)18-29-28-27(30-25-16-6-9-19(2)31(25)28)21-12-7-13-22(17-21)36-37(33,34)24-15-8-11-20-10-4-5-14-23(20)24/h4-17,29H,3,18H2,1-2H3. The lowest BCUT2D eigenvalue weighted by Gasteiger charge is -2.12. The van der Waals surface area contributed by atoms with Crippen LogP contribution in [0.1, 0.15) is 12.6 Å². The SMILES string of the molecule is CCOC(=O)CNc1c(-c2cccc(OS(=O)(=O)c3cccc4ccccc34)c2)nc2cccc(C)n12. The molecule has 0 spiro atoms. The Labute approximate surface area is 214 Å². The Morgan fingerprint density at radius 1 is 0.973 bits per heavy atom. The van der Waals surface area contributed by atoms with Crippen molar-refractivity contribution >= 4 is 38.3 Å². The normalized spacial score (nSPS) is 11.5. The molecule has 0 radical (unpaired) electrons. The predicted octanol–water partition coefficient (Wildman–Crippen LogP) is 5.21. The van der Waals surface area contributed by atoms with Gasteiger partial charge in [-0.1, -0.05) is 54.6 Å². The number of fused-ring (bicyclic) bond motifs is 2. The number of nitrogens with zero attached hydrogens (tertiary/aromatic N) is 2. The monoisotopic (exact) mass is 515 g/mol. The van der Waals surface area contributed by atoms with Crippen LogP contribution in [0.2, 0.25) is 0 Å². The molecule has 8 nitrogen and oxygen atoms in total. The van der Waals surface area contributed by atoms with Gasteiger partial charge in [-0.2, -0.15) is 8.42 Å². The number of carbonyl (C=O) groups is 1. The molecule has 1 N–H and O–H groups in total. The van der Waals surface area contributed by atoms with Crippen LogP contribution in [0.5, 0.6) is 5.75 Å². The average Bonchev–Trinajstić information content (AvgIpc) is 3.27. The lowest BCUT2D eigenvalue weighted by Crippen LogP contribution is -2.18. The largest absolute Gasteiger partial charge is 0.465 e. The molecule has 37 heavy (non-hydrogen) atoms. The van der Waals surface area contributed by atoms with Crippen LogP contribution in [0.25, 0.3) is 27.7 Å². The van der Waals surface area contributed by atoms with E-state index in [1.165, 1.54) is 6.07 Å². The highest BCUT2D eigenvalue weighted by Gasteiger charge is 2.21. The smallest absolute Gasteiger partial charge is 0.339 e. The maximum atomic E-state index is 13.2. The number of nitrogens with one attached hydrogen (secondary N) is 1. The van der Waals surface area contributed by atoms with Gasteiger partial charge in [-0.05, 0) is 49.6 Å². The van der Waals surface area contributed by atoms with Gasteiger partial charge in [0.1, 0.15) is 34.3 Å². The van der Waals surface area contributed by atoms with E-state index in [1.807, 2.05) is 53.8 Å². The molecule has 0 saturated heterocycles. The molecule has 0 saturated carbocycles. The zero-order valence-electron chi connectivity index (χ0n) is 20.3. The highest BCUT2D eigenvalue weighted by molar-refractivity contribution is 7.87. The minimum absolute atomic E-state index is 0.0470. The van der Waals surface area contributed by atoms with Gasteiger partial charge in [0.15, 0.2) is 0 Å². The van der Waals surface area contributed by atoms with E-state index in [9.17, 15) is 13.2 Å². The van der Waals surface area contributed by atoms with Crippen molar-refractivity contribution in [3.05, 3.63) is 90.6 Å². The molecule has 2 aromatic heterocycles. The fourth-order valence-electron chi connectivity index (χ4n) is 4.27. The lowest BCUT2D eigenvalue weighted by atomic mass is 10.1. The quantitative estimate of drug-likeness (QED) is 0.224. The van der Waals surface area contributed by atoms with Crippen LogP contribution in [-0.4, -0.2) is 36.9 Å². The van der Waals surface area contributed by atoms with Crippen LogP contribution < -0.4 is 9.50 Å². The molecular weight excluding hydrogens is 490 g/mol. The molecule has 3 aromatic carbocycles. The van der Waals surface area contributed by atoms with E-state index < -0.39 is 16.1 Å². The van der Waals surface area contributed by atoms with Gasteiger partial charge in [-0.25, -0.2) is 4.98 Å². The summed E-state index contributed by atoms with van der Waals surface area (Å²) in [6.45, 7) is 3.92. The summed E-state index contributed by atoms with van der Waals surface area (Å²) >= 11 is 0. The molecule has 0 aliphatic carbocycles. The summed E-state index contributed by atoms with van der Waals surface area (Å²) in [5.74, 6) is 0.348. The Bertz CT molecular complexity index is 1720. The van der Waals surface area contributed by atoms with E-state index in [-0.39, 0.29) is 23.8 Å². The van der Waals surface area contributed by atoms with E-state index in [0.717, 1.165) is 11.1 Å². The fraction of sp³-hybridized carbons (Fsp3) is 0.143. The van der Waals surface area contributed by atoms with Crippen LogP contribution in [0, 0.1) is 6.92 Å².